The van der Waals surface area contributed by atoms with Gasteiger partial charge in [-0.15, -0.1) is 5.10 Å². The molecule has 1 aliphatic rings. The van der Waals surface area contributed by atoms with Crippen molar-refractivity contribution in [1.82, 2.24) is 14.8 Å². The minimum Gasteiger partial charge on any atom is -0.388 e. The second kappa shape index (κ2) is 5.79. The van der Waals surface area contributed by atoms with Crippen LogP contribution in [0.4, 0.5) is 0 Å². The molecular formula is C9H15N4O7P. The summed E-state index contributed by atoms with van der Waals surface area (Å²) in [7, 11) is -4.23. The van der Waals surface area contributed by atoms with Crippen molar-refractivity contribution in [3.63, 3.8) is 0 Å². The van der Waals surface area contributed by atoms with Crippen LogP contribution in [0.5, 0.6) is 0 Å². The van der Waals surface area contributed by atoms with Gasteiger partial charge in [-0.1, -0.05) is 0 Å². The summed E-state index contributed by atoms with van der Waals surface area (Å²) in [5.74, 6) is -1.14. The number of rotatable bonds is 5. The van der Waals surface area contributed by atoms with Crippen LogP contribution in [0.2, 0.25) is 0 Å². The smallest absolute Gasteiger partial charge is 0.325 e. The van der Waals surface area contributed by atoms with Crippen molar-refractivity contribution in [2.75, 3.05) is 6.16 Å². The van der Waals surface area contributed by atoms with Crippen LogP contribution >= 0.6 is 7.60 Å². The zero-order valence-corrected chi connectivity index (χ0v) is 11.6. The first-order valence-corrected chi connectivity index (χ1v) is 7.76. The molecular weight excluding hydrogens is 307 g/mol. The Morgan fingerprint density at radius 3 is 2.62 bits per heavy atom. The molecule has 6 N–H and O–H groups in total. The number of hydrogen-bond donors (Lipinski definition) is 5. The number of carbonyl (C=O) groups excluding carboxylic acids is 1. The predicted molar refractivity (Wildman–Crippen MR) is 66.0 cm³/mol. The molecule has 21 heavy (non-hydrogen) atoms. The molecule has 1 saturated heterocycles. The SMILES string of the molecule is NC(=O)c1ncn(C2OC(CCP(=O)(O)O)[C@@H](O)[C@H]2O)n1. The number of amides is 1. The Morgan fingerprint density at radius 1 is 1.43 bits per heavy atom. The summed E-state index contributed by atoms with van der Waals surface area (Å²) in [4.78, 5) is 32.1. The van der Waals surface area contributed by atoms with Crippen molar-refractivity contribution in [2.45, 2.75) is 31.0 Å². The minimum absolute atomic E-state index is 0.142. The molecule has 2 heterocycles. The van der Waals surface area contributed by atoms with Gasteiger partial charge in [0.15, 0.2) is 6.23 Å². The summed E-state index contributed by atoms with van der Waals surface area (Å²) in [6, 6.07) is 0. The highest BCUT2D eigenvalue weighted by Gasteiger charge is 2.44. The molecule has 1 aromatic heterocycles. The molecule has 1 fully saturated rings. The second-order valence-corrected chi connectivity index (χ2v) is 6.41. The molecule has 1 aliphatic heterocycles. The lowest BCUT2D eigenvalue weighted by Crippen LogP contribution is -2.32. The van der Waals surface area contributed by atoms with Gasteiger partial charge in [0, 0.05) is 0 Å². The third kappa shape index (κ3) is 3.64. The number of nitrogens with two attached hydrogens (primary N) is 1. The number of primary amides is 1. The average molecular weight is 322 g/mol. The zero-order chi connectivity index (χ0) is 15.8. The molecule has 0 radical (unpaired) electrons. The van der Waals surface area contributed by atoms with E-state index in [1.165, 1.54) is 0 Å². The highest BCUT2D eigenvalue weighted by molar-refractivity contribution is 7.51. The van der Waals surface area contributed by atoms with E-state index in [0.29, 0.717) is 0 Å². The minimum atomic E-state index is -4.23. The summed E-state index contributed by atoms with van der Waals surface area (Å²) in [5.41, 5.74) is 4.99. The molecule has 2 unspecified atom stereocenters. The van der Waals surface area contributed by atoms with Gasteiger partial charge in [0.2, 0.25) is 5.82 Å². The van der Waals surface area contributed by atoms with Gasteiger partial charge < -0.3 is 30.5 Å². The maximum absolute atomic E-state index is 10.9. The lowest BCUT2D eigenvalue weighted by atomic mass is 10.1. The summed E-state index contributed by atoms with van der Waals surface area (Å²) < 4.78 is 17.2. The van der Waals surface area contributed by atoms with Gasteiger partial charge in [0.1, 0.15) is 18.5 Å². The first kappa shape index (κ1) is 16.0. The number of aromatic nitrogens is 3. The molecule has 4 atom stereocenters. The van der Waals surface area contributed by atoms with Gasteiger partial charge in [-0.2, -0.15) is 0 Å². The molecule has 0 aromatic carbocycles. The second-order valence-electron chi connectivity index (χ2n) is 4.64. The van der Waals surface area contributed by atoms with Gasteiger partial charge >= 0.3 is 7.60 Å². The Balaban J connectivity index is 2.08. The fraction of sp³-hybridized carbons (Fsp3) is 0.667. The van der Waals surface area contributed by atoms with Gasteiger partial charge in [-0.25, -0.2) is 9.67 Å². The van der Waals surface area contributed by atoms with Crippen molar-refractivity contribution in [3.05, 3.63) is 12.2 Å². The number of aliphatic hydroxyl groups is 2. The standard InChI is InChI=1S/C9H15N4O7P/c10-7(16)8-11-3-13(12-8)9-6(15)5(14)4(20-9)1-2-21(17,18)19/h3-6,9,14-15H,1-2H2,(H2,10,16)(H2,17,18,19)/t4?,5-,6-,9?/m1/s1. The van der Waals surface area contributed by atoms with Crippen LogP contribution in [-0.4, -0.2) is 65.1 Å². The normalized spacial score (nSPS) is 29.7. The van der Waals surface area contributed by atoms with Gasteiger partial charge in [-0.3, -0.25) is 9.36 Å². The first-order chi connectivity index (χ1) is 9.69. The molecule has 1 amide bonds. The largest absolute Gasteiger partial charge is 0.388 e. The molecule has 2 rings (SSSR count). The van der Waals surface area contributed by atoms with Crippen LogP contribution < -0.4 is 5.73 Å². The number of hydrogen-bond acceptors (Lipinski definition) is 7. The van der Waals surface area contributed by atoms with Gasteiger partial charge in [0.05, 0.1) is 12.3 Å². The maximum Gasteiger partial charge on any atom is 0.325 e. The van der Waals surface area contributed by atoms with E-state index in [4.69, 9.17) is 20.3 Å². The highest BCUT2D eigenvalue weighted by Crippen LogP contribution is 2.38. The highest BCUT2D eigenvalue weighted by atomic mass is 31.2. The summed E-state index contributed by atoms with van der Waals surface area (Å²) in [6.45, 7) is 0. The Bertz CT molecular complexity index is 572. The lowest BCUT2D eigenvalue weighted by molar-refractivity contribution is -0.0452. The van der Waals surface area contributed by atoms with E-state index in [9.17, 15) is 19.6 Å². The quantitative estimate of drug-likeness (QED) is 0.368. The van der Waals surface area contributed by atoms with E-state index in [0.717, 1.165) is 11.0 Å². The molecule has 0 bridgehead atoms. The number of nitrogens with zero attached hydrogens (tertiary/aromatic N) is 3. The molecule has 118 valence electrons. The fourth-order valence-electron chi connectivity index (χ4n) is 1.99. The van der Waals surface area contributed by atoms with E-state index >= 15 is 0 Å². The van der Waals surface area contributed by atoms with E-state index < -0.39 is 44.2 Å². The lowest BCUT2D eigenvalue weighted by Gasteiger charge is -2.14. The summed E-state index contributed by atoms with van der Waals surface area (Å²) in [6.07, 6.45) is -4.35. The zero-order valence-electron chi connectivity index (χ0n) is 10.7. The van der Waals surface area contributed by atoms with Crippen molar-refractivity contribution < 1.29 is 34.1 Å². The first-order valence-electron chi connectivity index (χ1n) is 5.96. The molecule has 0 aliphatic carbocycles. The summed E-state index contributed by atoms with van der Waals surface area (Å²) >= 11 is 0. The number of ether oxygens (including phenoxy) is 1. The molecule has 1 aromatic rings. The van der Waals surface area contributed by atoms with Crippen LogP contribution in [-0.2, 0) is 9.30 Å². The monoisotopic (exact) mass is 322 g/mol. The van der Waals surface area contributed by atoms with Gasteiger partial charge in [-0.05, 0) is 6.42 Å². The third-order valence-electron chi connectivity index (χ3n) is 3.03. The Morgan fingerprint density at radius 2 is 2.10 bits per heavy atom. The van der Waals surface area contributed by atoms with Crippen molar-refractivity contribution >= 4 is 13.5 Å². The van der Waals surface area contributed by atoms with Crippen molar-refractivity contribution in [2.24, 2.45) is 5.73 Å². The van der Waals surface area contributed by atoms with Gasteiger partial charge in [0.25, 0.3) is 5.91 Å². The number of aliphatic hydroxyl groups excluding tert-OH is 2. The molecule has 12 heteroatoms. The van der Waals surface area contributed by atoms with Crippen LogP contribution in [0, 0.1) is 0 Å². The average Bonchev–Trinajstić information content (AvgIpc) is 2.94. The Kier molecular flexibility index (Phi) is 4.42. The third-order valence-corrected chi connectivity index (χ3v) is 3.87. The van der Waals surface area contributed by atoms with Crippen LogP contribution in [0.15, 0.2) is 6.33 Å². The van der Waals surface area contributed by atoms with E-state index in [2.05, 4.69) is 10.1 Å². The molecule has 0 spiro atoms. The topological polar surface area (TPSA) is 181 Å². The van der Waals surface area contributed by atoms with Crippen molar-refractivity contribution in [3.8, 4) is 0 Å². The number of carbonyl (C=O) groups is 1. The van der Waals surface area contributed by atoms with Crippen LogP contribution in [0.1, 0.15) is 23.3 Å². The maximum atomic E-state index is 10.9. The van der Waals surface area contributed by atoms with E-state index in [1.54, 1.807) is 0 Å². The van der Waals surface area contributed by atoms with Crippen LogP contribution in [0.25, 0.3) is 0 Å². The Hall–Kier alpha value is -1.36. The molecule has 0 saturated carbocycles. The van der Waals surface area contributed by atoms with E-state index in [1.807, 2.05) is 0 Å². The summed E-state index contributed by atoms with van der Waals surface area (Å²) in [5, 5.41) is 23.4. The Labute approximate surface area is 118 Å². The van der Waals surface area contributed by atoms with Crippen LogP contribution in [0.3, 0.4) is 0 Å². The van der Waals surface area contributed by atoms with Crippen molar-refractivity contribution in [1.29, 1.82) is 0 Å². The molecule has 11 nitrogen and oxygen atoms in total. The predicted octanol–water partition coefficient (Wildman–Crippen LogP) is -2.44. The van der Waals surface area contributed by atoms with E-state index in [-0.39, 0.29) is 12.2 Å². The fourth-order valence-corrected chi connectivity index (χ4v) is 2.58.